The first-order valence-electron chi connectivity index (χ1n) is 10.0. The first-order chi connectivity index (χ1) is 14.6. The molecule has 2 aliphatic rings. The number of nitrogens with zero attached hydrogens (tertiary/aromatic N) is 6. The van der Waals surface area contributed by atoms with Crippen molar-refractivity contribution in [2.75, 3.05) is 31.7 Å². The fourth-order valence-electron chi connectivity index (χ4n) is 3.94. The average molecular weight is 409 g/mol. The van der Waals surface area contributed by atoms with Crippen LogP contribution in [0.15, 0.2) is 18.5 Å². The molecule has 0 aliphatic carbocycles. The Bertz CT molecular complexity index is 1110. The largest absolute Gasteiger partial charge is 0.467 e. The minimum atomic E-state index is 0.00859. The lowest BCUT2D eigenvalue weighted by atomic mass is 9.97. The van der Waals surface area contributed by atoms with Gasteiger partial charge in [-0.15, -0.1) is 5.10 Å². The molecule has 2 fully saturated rings. The third-order valence-corrected chi connectivity index (χ3v) is 5.54. The van der Waals surface area contributed by atoms with Crippen LogP contribution in [0.4, 0.5) is 11.6 Å². The summed E-state index contributed by atoms with van der Waals surface area (Å²) in [6, 6.07) is 4.31. The summed E-state index contributed by atoms with van der Waals surface area (Å²) in [5.41, 5.74) is 2.01. The van der Waals surface area contributed by atoms with E-state index >= 15 is 0 Å². The van der Waals surface area contributed by atoms with Crippen molar-refractivity contribution in [3.05, 3.63) is 24.2 Å². The number of ether oxygens (including phenoxy) is 3. The van der Waals surface area contributed by atoms with E-state index in [2.05, 4.69) is 28.4 Å². The van der Waals surface area contributed by atoms with Crippen LogP contribution < -0.4 is 10.1 Å². The number of hydrogen-bond acceptors (Lipinski definition) is 8. The number of aryl methyl sites for hydroxylation is 1. The van der Waals surface area contributed by atoms with E-state index in [1.165, 1.54) is 0 Å². The maximum absolute atomic E-state index is 9.69. The number of nitriles is 1. The Balaban J connectivity index is 1.49. The summed E-state index contributed by atoms with van der Waals surface area (Å²) in [4.78, 5) is 9.18. The standard InChI is InChI=1S/C20H23N7O3/c1-12-9-28-4-3-17(12)27-14(6-21)5-13-7-22-20(24-18(13)27)23-16-8-26(2)25-19(16)30-15-10-29-11-15/h5,7-8,12,15,17H,3-4,9-11H2,1-2H3,(H,22,23,24)/t12-,17+/m1/s1. The molecule has 2 atom stereocenters. The predicted molar refractivity (Wildman–Crippen MR) is 108 cm³/mol. The van der Waals surface area contributed by atoms with E-state index in [-0.39, 0.29) is 18.1 Å². The summed E-state index contributed by atoms with van der Waals surface area (Å²) < 4.78 is 20.3. The minimum Gasteiger partial charge on any atom is -0.467 e. The zero-order valence-electron chi connectivity index (χ0n) is 16.9. The molecule has 0 unspecified atom stereocenters. The Labute approximate surface area is 173 Å². The summed E-state index contributed by atoms with van der Waals surface area (Å²) in [5.74, 6) is 1.20. The molecule has 5 heterocycles. The van der Waals surface area contributed by atoms with Crippen LogP contribution in [0.2, 0.25) is 0 Å². The molecule has 0 spiro atoms. The van der Waals surface area contributed by atoms with Gasteiger partial charge in [-0.2, -0.15) is 10.2 Å². The van der Waals surface area contributed by atoms with Gasteiger partial charge in [-0.05, 0) is 12.5 Å². The molecule has 10 heteroatoms. The number of fused-ring (bicyclic) bond motifs is 1. The van der Waals surface area contributed by atoms with Gasteiger partial charge in [0.05, 0.1) is 26.0 Å². The third-order valence-electron chi connectivity index (χ3n) is 5.54. The molecule has 156 valence electrons. The van der Waals surface area contributed by atoms with E-state index < -0.39 is 0 Å². The van der Waals surface area contributed by atoms with E-state index in [1.807, 2.05) is 23.9 Å². The van der Waals surface area contributed by atoms with Gasteiger partial charge in [0.2, 0.25) is 5.95 Å². The van der Waals surface area contributed by atoms with Crippen LogP contribution in [0.5, 0.6) is 5.88 Å². The molecule has 5 rings (SSSR count). The Kier molecular flexibility index (Phi) is 4.77. The van der Waals surface area contributed by atoms with Crippen LogP contribution in [-0.2, 0) is 16.5 Å². The van der Waals surface area contributed by atoms with Crippen molar-refractivity contribution >= 4 is 22.7 Å². The number of hydrogen-bond donors (Lipinski definition) is 1. The second kappa shape index (κ2) is 7.59. The Morgan fingerprint density at radius 2 is 2.17 bits per heavy atom. The van der Waals surface area contributed by atoms with Crippen molar-refractivity contribution in [2.24, 2.45) is 13.0 Å². The molecular weight excluding hydrogens is 386 g/mol. The summed E-state index contributed by atoms with van der Waals surface area (Å²) in [6.45, 7) is 4.61. The Morgan fingerprint density at radius 1 is 1.30 bits per heavy atom. The van der Waals surface area contributed by atoms with Gasteiger partial charge in [0, 0.05) is 37.2 Å². The summed E-state index contributed by atoms with van der Waals surface area (Å²) >= 11 is 0. The van der Waals surface area contributed by atoms with Gasteiger partial charge in [-0.3, -0.25) is 4.68 Å². The molecule has 2 saturated heterocycles. The zero-order chi connectivity index (χ0) is 20.7. The summed E-state index contributed by atoms with van der Waals surface area (Å²) in [6.07, 6.45) is 4.41. The van der Waals surface area contributed by atoms with Crippen LogP contribution in [-0.4, -0.2) is 56.8 Å². The van der Waals surface area contributed by atoms with Gasteiger partial charge < -0.3 is 24.1 Å². The van der Waals surface area contributed by atoms with Crippen LogP contribution >= 0.6 is 0 Å². The van der Waals surface area contributed by atoms with E-state index in [9.17, 15) is 5.26 Å². The van der Waals surface area contributed by atoms with E-state index in [0.29, 0.717) is 49.6 Å². The van der Waals surface area contributed by atoms with Gasteiger partial charge in [0.1, 0.15) is 29.2 Å². The highest BCUT2D eigenvalue weighted by molar-refractivity contribution is 5.79. The van der Waals surface area contributed by atoms with Crippen molar-refractivity contribution in [3.63, 3.8) is 0 Å². The lowest BCUT2D eigenvalue weighted by Gasteiger charge is -2.31. The predicted octanol–water partition coefficient (Wildman–Crippen LogP) is 2.16. The maximum atomic E-state index is 9.69. The molecule has 30 heavy (non-hydrogen) atoms. The van der Waals surface area contributed by atoms with Crippen molar-refractivity contribution in [3.8, 4) is 11.9 Å². The molecule has 0 saturated carbocycles. The Morgan fingerprint density at radius 3 is 2.90 bits per heavy atom. The fourth-order valence-corrected chi connectivity index (χ4v) is 3.94. The molecule has 1 N–H and O–H groups in total. The van der Waals surface area contributed by atoms with Gasteiger partial charge in [-0.25, -0.2) is 4.98 Å². The molecular formula is C20H23N7O3. The van der Waals surface area contributed by atoms with Crippen molar-refractivity contribution in [1.29, 1.82) is 5.26 Å². The number of nitrogens with one attached hydrogen (secondary N) is 1. The maximum Gasteiger partial charge on any atom is 0.257 e. The molecule has 3 aromatic rings. The van der Waals surface area contributed by atoms with Crippen LogP contribution in [0.25, 0.3) is 11.0 Å². The number of anilines is 2. The van der Waals surface area contributed by atoms with Crippen LogP contribution in [0.1, 0.15) is 25.1 Å². The summed E-state index contributed by atoms with van der Waals surface area (Å²) in [7, 11) is 1.83. The van der Waals surface area contributed by atoms with Gasteiger partial charge in [0.25, 0.3) is 5.88 Å². The molecule has 0 radical (unpaired) electrons. The number of aromatic nitrogens is 5. The highest BCUT2D eigenvalue weighted by Gasteiger charge is 2.28. The average Bonchev–Trinajstić information content (AvgIpc) is 3.24. The zero-order valence-corrected chi connectivity index (χ0v) is 16.9. The summed E-state index contributed by atoms with van der Waals surface area (Å²) in [5, 5.41) is 18.1. The third kappa shape index (κ3) is 3.36. The molecule has 0 aromatic carbocycles. The molecule has 10 nitrogen and oxygen atoms in total. The minimum absolute atomic E-state index is 0.00859. The SMILES string of the molecule is C[C@@H]1COCC[C@@H]1n1c(C#N)cc2cnc(Nc3cn(C)nc3OC3COC3)nc21. The lowest BCUT2D eigenvalue weighted by Crippen LogP contribution is -2.38. The first kappa shape index (κ1) is 18.8. The monoisotopic (exact) mass is 409 g/mol. The quantitative estimate of drug-likeness (QED) is 0.682. The van der Waals surface area contributed by atoms with Gasteiger partial charge in [0.15, 0.2) is 0 Å². The first-order valence-corrected chi connectivity index (χ1v) is 10.0. The lowest BCUT2D eigenvalue weighted by molar-refractivity contribution is -0.0812. The van der Waals surface area contributed by atoms with Crippen LogP contribution in [0.3, 0.4) is 0 Å². The number of rotatable bonds is 5. The van der Waals surface area contributed by atoms with Crippen LogP contribution in [0, 0.1) is 17.2 Å². The van der Waals surface area contributed by atoms with Crippen molar-refractivity contribution in [2.45, 2.75) is 25.5 Å². The fraction of sp³-hybridized carbons (Fsp3) is 0.500. The van der Waals surface area contributed by atoms with Gasteiger partial charge in [-0.1, -0.05) is 6.92 Å². The van der Waals surface area contributed by atoms with Crippen molar-refractivity contribution in [1.82, 2.24) is 24.3 Å². The van der Waals surface area contributed by atoms with Crippen molar-refractivity contribution < 1.29 is 14.2 Å². The van der Waals surface area contributed by atoms with Gasteiger partial charge >= 0.3 is 0 Å². The van der Waals surface area contributed by atoms with E-state index in [1.54, 1.807) is 10.9 Å². The Hall–Kier alpha value is -3.16. The normalized spacial score (nSPS) is 21.9. The molecule has 0 amide bonds. The molecule has 3 aromatic heterocycles. The van der Waals surface area contributed by atoms with E-state index in [4.69, 9.17) is 19.2 Å². The highest BCUT2D eigenvalue weighted by atomic mass is 16.6. The second-order valence-electron chi connectivity index (χ2n) is 7.82. The highest BCUT2D eigenvalue weighted by Crippen LogP contribution is 2.33. The molecule has 0 bridgehead atoms. The molecule has 2 aliphatic heterocycles. The smallest absolute Gasteiger partial charge is 0.257 e. The van der Waals surface area contributed by atoms with E-state index in [0.717, 1.165) is 17.5 Å². The second-order valence-corrected chi connectivity index (χ2v) is 7.82. The topological polar surface area (TPSA) is 112 Å².